The highest BCUT2D eigenvalue weighted by Crippen LogP contribution is 2.07. The van der Waals surface area contributed by atoms with Gasteiger partial charge in [0.15, 0.2) is 0 Å². The van der Waals surface area contributed by atoms with E-state index in [0.717, 1.165) is 31.6 Å². The van der Waals surface area contributed by atoms with Crippen LogP contribution in [0.1, 0.15) is 18.9 Å². The standard InChI is InChI=1S/C12H19FN2/c1-2-7-15(8-6-14)10-11-4-3-5-12(13)9-11/h3-5,9H,2,6-8,10,14H2,1H3. The summed E-state index contributed by atoms with van der Waals surface area (Å²) in [6.45, 7) is 5.44. The highest BCUT2D eigenvalue weighted by atomic mass is 19.1. The van der Waals surface area contributed by atoms with Crippen LogP contribution >= 0.6 is 0 Å². The molecule has 0 saturated carbocycles. The van der Waals surface area contributed by atoms with Crippen molar-refractivity contribution in [3.63, 3.8) is 0 Å². The molecule has 1 aromatic carbocycles. The molecule has 0 radical (unpaired) electrons. The maximum Gasteiger partial charge on any atom is 0.123 e. The molecule has 0 aliphatic heterocycles. The van der Waals surface area contributed by atoms with Gasteiger partial charge in [-0.05, 0) is 30.7 Å². The first-order valence-electron chi connectivity index (χ1n) is 5.43. The molecule has 0 saturated heterocycles. The van der Waals surface area contributed by atoms with E-state index in [1.54, 1.807) is 12.1 Å². The number of hydrogen-bond donors (Lipinski definition) is 1. The van der Waals surface area contributed by atoms with Crippen molar-refractivity contribution in [2.24, 2.45) is 5.73 Å². The molecule has 1 rings (SSSR count). The second kappa shape index (κ2) is 6.53. The summed E-state index contributed by atoms with van der Waals surface area (Å²) < 4.78 is 12.9. The highest BCUT2D eigenvalue weighted by Gasteiger charge is 2.04. The van der Waals surface area contributed by atoms with Crippen LogP contribution < -0.4 is 5.73 Å². The Labute approximate surface area is 90.9 Å². The van der Waals surface area contributed by atoms with Crippen LogP contribution in [0.4, 0.5) is 4.39 Å². The van der Waals surface area contributed by atoms with Crippen LogP contribution in [0.2, 0.25) is 0 Å². The summed E-state index contributed by atoms with van der Waals surface area (Å²) in [6, 6.07) is 6.75. The molecule has 0 bridgehead atoms. The van der Waals surface area contributed by atoms with Crippen molar-refractivity contribution < 1.29 is 4.39 Å². The molecule has 2 N–H and O–H groups in total. The zero-order valence-electron chi connectivity index (χ0n) is 9.25. The van der Waals surface area contributed by atoms with Crippen molar-refractivity contribution in [3.05, 3.63) is 35.6 Å². The summed E-state index contributed by atoms with van der Waals surface area (Å²) >= 11 is 0. The molecule has 0 amide bonds. The van der Waals surface area contributed by atoms with Crippen molar-refractivity contribution in [1.82, 2.24) is 4.90 Å². The highest BCUT2D eigenvalue weighted by molar-refractivity contribution is 5.16. The number of rotatable bonds is 6. The van der Waals surface area contributed by atoms with Crippen LogP contribution in [0.5, 0.6) is 0 Å². The Morgan fingerprint density at radius 2 is 2.13 bits per heavy atom. The van der Waals surface area contributed by atoms with Gasteiger partial charge in [0.05, 0.1) is 0 Å². The first-order valence-corrected chi connectivity index (χ1v) is 5.43. The molecule has 0 aromatic heterocycles. The van der Waals surface area contributed by atoms with E-state index in [2.05, 4.69) is 11.8 Å². The Hall–Kier alpha value is -0.930. The van der Waals surface area contributed by atoms with Crippen molar-refractivity contribution in [2.45, 2.75) is 19.9 Å². The average molecular weight is 210 g/mol. The molecule has 0 aliphatic rings. The number of halogens is 1. The van der Waals surface area contributed by atoms with Gasteiger partial charge >= 0.3 is 0 Å². The second-order valence-corrected chi connectivity index (χ2v) is 3.69. The Kier molecular flexibility index (Phi) is 5.29. The molecular weight excluding hydrogens is 191 g/mol. The Morgan fingerprint density at radius 1 is 1.33 bits per heavy atom. The van der Waals surface area contributed by atoms with Gasteiger partial charge in [0.2, 0.25) is 0 Å². The van der Waals surface area contributed by atoms with Gasteiger partial charge in [-0.15, -0.1) is 0 Å². The largest absolute Gasteiger partial charge is 0.329 e. The third-order valence-corrected chi connectivity index (χ3v) is 2.28. The lowest BCUT2D eigenvalue weighted by molar-refractivity contribution is 0.273. The maximum absolute atomic E-state index is 12.9. The predicted molar refractivity (Wildman–Crippen MR) is 61.0 cm³/mol. The first kappa shape index (κ1) is 12.1. The minimum atomic E-state index is -0.170. The minimum Gasteiger partial charge on any atom is -0.329 e. The molecule has 3 heteroatoms. The quantitative estimate of drug-likeness (QED) is 0.778. The number of nitrogens with zero attached hydrogens (tertiary/aromatic N) is 1. The van der Waals surface area contributed by atoms with E-state index < -0.39 is 0 Å². The molecule has 2 nitrogen and oxygen atoms in total. The topological polar surface area (TPSA) is 29.3 Å². The summed E-state index contributed by atoms with van der Waals surface area (Å²) in [5.74, 6) is -0.170. The van der Waals surface area contributed by atoms with Crippen LogP contribution in [-0.4, -0.2) is 24.5 Å². The zero-order chi connectivity index (χ0) is 11.1. The molecule has 0 spiro atoms. The fraction of sp³-hybridized carbons (Fsp3) is 0.500. The fourth-order valence-corrected chi connectivity index (χ4v) is 1.66. The van der Waals surface area contributed by atoms with Crippen LogP contribution in [-0.2, 0) is 6.54 Å². The molecule has 1 aromatic rings. The van der Waals surface area contributed by atoms with E-state index in [-0.39, 0.29) is 5.82 Å². The van der Waals surface area contributed by atoms with Gasteiger partial charge < -0.3 is 5.73 Å². The van der Waals surface area contributed by atoms with Gasteiger partial charge in [0, 0.05) is 19.6 Å². The zero-order valence-corrected chi connectivity index (χ0v) is 9.25. The van der Waals surface area contributed by atoms with Crippen molar-refractivity contribution in [3.8, 4) is 0 Å². The van der Waals surface area contributed by atoms with E-state index in [4.69, 9.17) is 5.73 Å². The molecule has 0 unspecified atom stereocenters. The lowest BCUT2D eigenvalue weighted by Crippen LogP contribution is -2.29. The molecular formula is C12H19FN2. The molecule has 15 heavy (non-hydrogen) atoms. The third-order valence-electron chi connectivity index (χ3n) is 2.28. The lowest BCUT2D eigenvalue weighted by atomic mass is 10.2. The molecule has 84 valence electrons. The monoisotopic (exact) mass is 210 g/mol. The third kappa shape index (κ3) is 4.40. The lowest BCUT2D eigenvalue weighted by Gasteiger charge is -2.20. The van der Waals surface area contributed by atoms with Gasteiger partial charge in [0.1, 0.15) is 5.82 Å². The maximum atomic E-state index is 12.9. The van der Waals surface area contributed by atoms with Crippen molar-refractivity contribution in [1.29, 1.82) is 0 Å². The Morgan fingerprint density at radius 3 is 2.73 bits per heavy atom. The molecule has 0 aliphatic carbocycles. The van der Waals surface area contributed by atoms with E-state index in [1.165, 1.54) is 6.07 Å². The molecule has 0 atom stereocenters. The summed E-state index contributed by atoms with van der Waals surface area (Å²) in [5.41, 5.74) is 6.54. The van der Waals surface area contributed by atoms with Gasteiger partial charge in [0.25, 0.3) is 0 Å². The van der Waals surface area contributed by atoms with E-state index in [9.17, 15) is 4.39 Å². The van der Waals surface area contributed by atoms with Crippen molar-refractivity contribution in [2.75, 3.05) is 19.6 Å². The Bertz CT molecular complexity index is 283. The Balaban J connectivity index is 2.56. The van der Waals surface area contributed by atoms with Crippen LogP contribution in [0.25, 0.3) is 0 Å². The summed E-state index contributed by atoms with van der Waals surface area (Å²) in [6.07, 6.45) is 1.09. The molecule has 0 heterocycles. The van der Waals surface area contributed by atoms with E-state index in [1.807, 2.05) is 6.07 Å². The van der Waals surface area contributed by atoms with Gasteiger partial charge in [-0.2, -0.15) is 0 Å². The predicted octanol–water partition coefficient (Wildman–Crippen LogP) is 2.00. The molecule has 0 fully saturated rings. The van der Waals surface area contributed by atoms with Crippen LogP contribution in [0, 0.1) is 5.82 Å². The van der Waals surface area contributed by atoms with Gasteiger partial charge in [-0.25, -0.2) is 4.39 Å². The van der Waals surface area contributed by atoms with Crippen molar-refractivity contribution >= 4 is 0 Å². The average Bonchev–Trinajstić information content (AvgIpc) is 2.18. The van der Waals surface area contributed by atoms with Crippen LogP contribution in [0.3, 0.4) is 0 Å². The van der Waals surface area contributed by atoms with E-state index in [0.29, 0.717) is 6.54 Å². The SMILES string of the molecule is CCCN(CCN)Cc1cccc(F)c1. The van der Waals surface area contributed by atoms with E-state index >= 15 is 0 Å². The fourth-order valence-electron chi connectivity index (χ4n) is 1.66. The number of benzene rings is 1. The summed E-state index contributed by atoms with van der Waals surface area (Å²) in [5, 5.41) is 0. The first-order chi connectivity index (χ1) is 7.26. The normalized spacial score (nSPS) is 10.9. The number of nitrogens with two attached hydrogens (primary N) is 1. The van der Waals surface area contributed by atoms with Crippen LogP contribution in [0.15, 0.2) is 24.3 Å². The smallest absolute Gasteiger partial charge is 0.123 e. The van der Waals surface area contributed by atoms with Gasteiger partial charge in [-0.1, -0.05) is 19.1 Å². The minimum absolute atomic E-state index is 0.170. The second-order valence-electron chi connectivity index (χ2n) is 3.69. The van der Waals surface area contributed by atoms with Gasteiger partial charge in [-0.3, -0.25) is 4.90 Å². The summed E-state index contributed by atoms with van der Waals surface area (Å²) in [7, 11) is 0. The summed E-state index contributed by atoms with van der Waals surface area (Å²) in [4.78, 5) is 2.24. The number of hydrogen-bond acceptors (Lipinski definition) is 2.